The third-order valence-electron chi connectivity index (χ3n) is 1.93. The second-order valence-corrected chi connectivity index (χ2v) is 3.53. The molecule has 1 aromatic heterocycles. The summed E-state index contributed by atoms with van der Waals surface area (Å²) in [6, 6.07) is 0. The monoisotopic (exact) mass is 225 g/mol. The van der Waals surface area contributed by atoms with E-state index >= 15 is 0 Å². The Hall–Kier alpha value is -1.53. The van der Waals surface area contributed by atoms with E-state index in [-0.39, 0.29) is 13.0 Å². The summed E-state index contributed by atoms with van der Waals surface area (Å²) in [5.41, 5.74) is 1.60. The van der Waals surface area contributed by atoms with Crippen LogP contribution in [0.3, 0.4) is 0 Å². The van der Waals surface area contributed by atoms with E-state index in [1.165, 1.54) is 0 Å². The lowest BCUT2D eigenvalue weighted by molar-refractivity contribution is -0.139. The number of carbonyl (C=O) groups is 1. The van der Waals surface area contributed by atoms with Crippen molar-refractivity contribution in [3.63, 3.8) is 0 Å². The maximum atomic E-state index is 10.3. The fourth-order valence-corrected chi connectivity index (χ4v) is 1.15. The summed E-state index contributed by atoms with van der Waals surface area (Å²) < 4.78 is 0. The summed E-state index contributed by atoms with van der Waals surface area (Å²) in [5.74, 6) is -1.01. The fourth-order valence-electron chi connectivity index (χ4n) is 1.15. The van der Waals surface area contributed by atoms with Crippen molar-refractivity contribution >= 4 is 5.97 Å². The second kappa shape index (κ2) is 6.14. The van der Waals surface area contributed by atoms with Crippen molar-refractivity contribution in [3.05, 3.63) is 23.8 Å². The first-order valence-corrected chi connectivity index (χ1v) is 4.96. The number of rotatable bonds is 6. The minimum Gasteiger partial charge on any atom is -0.481 e. The van der Waals surface area contributed by atoms with Crippen LogP contribution in [0.4, 0.5) is 0 Å². The Labute approximate surface area is 93.4 Å². The van der Waals surface area contributed by atoms with Gasteiger partial charge in [0.15, 0.2) is 0 Å². The molecule has 0 bridgehead atoms. The van der Waals surface area contributed by atoms with E-state index in [4.69, 9.17) is 5.11 Å². The first-order chi connectivity index (χ1) is 7.58. The van der Waals surface area contributed by atoms with Crippen molar-refractivity contribution < 1.29 is 15.0 Å². The van der Waals surface area contributed by atoms with Gasteiger partial charge in [-0.2, -0.15) is 0 Å². The summed E-state index contributed by atoms with van der Waals surface area (Å²) >= 11 is 0. The molecule has 16 heavy (non-hydrogen) atoms. The highest BCUT2D eigenvalue weighted by atomic mass is 16.4. The highest BCUT2D eigenvalue weighted by molar-refractivity contribution is 5.67. The average molecular weight is 225 g/mol. The standard InChI is InChI=1S/C10H15N3O3/c1-7-3-13-8(5-12-7)4-11-6-9(14)2-10(15)16/h3,5,9,11,14H,2,4,6H2,1H3,(H,15,16). The Morgan fingerprint density at radius 1 is 1.50 bits per heavy atom. The van der Waals surface area contributed by atoms with Crippen molar-refractivity contribution in [3.8, 4) is 0 Å². The number of nitrogens with one attached hydrogen (secondary N) is 1. The van der Waals surface area contributed by atoms with Gasteiger partial charge in [0.05, 0.1) is 23.9 Å². The van der Waals surface area contributed by atoms with Crippen LogP contribution in [0.5, 0.6) is 0 Å². The van der Waals surface area contributed by atoms with Crippen molar-refractivity contribution in [2.45, 2.75) is 26.0 Å². The molecule has 3 N–H and O–H groups in total. The molecule has 1 unspecified atom stereocenters. The van der Waals surface area contributed by atoms with Gasteiger partial charge in [-0.05, 0) is 6.92 Å². The zero-order chi connectivity index (χ0) is 12.0. The van der Waals surface area contributed by atoms with Gasteiger partial charge in [0.2, 0.25) is 0 Å². The highest BCUT2D eigenvalue weighted by Gasteiger charge is 2.08. The van der Waals surface area contributed by atoms with E-state index in [2.05, 4.69) is 15.3 Å². The molecule has 0 amide bonds. The largest absolute Gasteiger partial charge is 0.481 e. The molecule has 0 aliphatic rings. The Morgan fingerprint density at radius 3 is 2.81 bits per heavy atom. The maximum Gasteiger partial charge on any atom is 0.306 e. The molecule has 1 heterocycles. The van der Waals surface area contributed by atoms with E-state index in [0.717, 1.165) is 11.4 Å². The number of hydrogen-bond acceptors (Lipinski definition) is 5. The van der Waals surface area contributed by atoms with E-state index in [1.54, 1.807) is 12.4 Å². The number of aliphatic hydroxyl groups is 1. The van der Waals surface area contributed by atoms with Crippen LogP contribution in [0.1, 0.15) is 17.8 Å². The predicted octanol–water partition coefficient (Wildman–Crippen LogP) is -0.290. The van der Waals surface area contributed by atoms with Crippen LogP contribution in [0.25, 0.3) is 0 Å². The number of aryl methyl sites for hydroxylation is 1. The third kappa shape index (κ3) is 4.81. The summed E-state index contributed by atoms with van der Waals surface area (Å²) in [6.07, 6.45) is 2.17. The Kier molecular flexibility index (Phi) is 4.81. The van der Waals surface area contributed by atoms with E-state index in [1.807, 2.05) is 6.92 Å². The molecule has 0 saturated heterocycles. The Morgan fingerprint density at radius 2 is 2.25 bits per heavy atom. The van der Waals surface area contributed by atoms with Gasteiger partial charge in [-0.1, -0.05) is 0 Å². The molecule has 6 nitrogen and oxygen atoms in total. The molecular weight excluding hydrogens is 210 g/mol. The molecule has 6 heteroatoms. The first-order valence-electron chi connectivity index (χ1n) is 4.96. The summed E-state index contributed by atoms with van der Waals surface area (Å²) in [5, 5.41) is 20.6. The fraction of sp³-hybridized carbons (Fsp3) is 0.500. The van der Waals surface area contributed by atoms with Crippen LogP contribution in [0, 0.1) is 6.92 Å². The molecule has 1 aromatic rings. The number of aliphatic hydroxyl groups excluding tert-OH is 1. The molecule has 0 aliphatic heterocycles. The third-order valence-corrected chi connectivity index (χ3v) is 1.93. The number of carboxylic acids is 1. The molecule has 0 fully saturated rings. The lowest BCUT2D eigenvalue weighted by Gasteiger charge is -2.08. The molecule has 1 atom stereocenters. The number of aromatic nitrogens is 2. The van der Waals surface area contributed by atoms with E-state index in [0.29, 0.717) is 6.54 Å². The molecule has 88 valence electrons. The summed E-state index contributed by atoms with van der Waals surface area (Å²) in [4.78, 5) is 18.4. The van der Waals surface area contributed by atoms with Crippen molar-refractivity contribution in [2.24, 2.45) is 0 Å². The first kappa shape index (κ1) is 12.5. The smallest absolute Gasteiger partial charge is 0.306 e. The zero-order valence-electron chi connectivity index (χ0n) is 9.05. The number of nitrogens with zero attached hydrogens (tertiary/aromatic N) is 2. The van der Waals surface area contributed by atoms with Crippen LogP contribution in [-0.4, -0.2) is 38.8 Å². The van der Waals surface area contributed by atoms with Crippen molar-refractivity contribution in [1.82, 2.24) is 15.3 Å². The maximum absolute atomic E-state index is 10.3. The van der Waals surface area contributed by atoms with Crippen molar-refractivity contribution in [2.75, 3.05) is 6.54 Å². The number of aliphatic carboxylic acids is 1. The van der Waals surface area contributed by atoms with Gasteiger partial charge < -0.3 is 15.5 Å². The lowest BCUT2D eigenvalue weighted by atomic mass is 10.2. The quantitative estimate of drug-likeness (QED) is 0.615. The average Bonchev–Trinajstić information content (AvgIpc) is 2.20. The van der Waals surface area contributed by atoms with E-state index in [9.17, 15) is 9.90 Å². The molecule has 0 radical (unpaired) electrons. The van der Waals surface area contributed by atoms with Gasteiger partial charge in [-0.3, -0.25) is 14.8 Å². The van der Waals surface area contributed by atoms with Gasteiger partial charge in [0.25, 0.3) is 0 Å². The van der Waals surface area contributed by atoms with Crippen LogP contribution >= 0.6 is 0 Å². The van der Waals surface area contributed by atoms with Gasteiger partial charge in [-0.15, -0.1) is 0 Å². The van der Waals surface area contributed by atoms with Crippen LogP contribution in [0.15, 0.2) is 12.4 Å². The highest BCUT2D eigenvalue weighted by Crippen LogP contribution is 1.94. The molecule has 1 rings (SSSR count). The van der Waals surface area contributed by atoms with E-state index < -0.39 is 12.1 Å². The predicted molar refractivity (Wildman–Crippen MR) is 56.7 cm³/mol. The lowest BCUT2D eigenvalue weighted by Crippen LogP contribution is -2.28. The molecule has 0 aliphatic carbocycles. The Balaban J connectivity index is 2.25. The normalized spacial score (nSPS) is 12.4. The SMILES string of the molecule is Cc1cnc(CNCC(O)CC(=O)O)cn1. The van der Waals surface area contributed by atoms with Gasteiger partial charge in [0, 0.05) is 25.5 Å². The summed E-state index contributed by atoms with van der Waals surface area (Å²) in [6.45, 7) is 2.53. The van der Waals surface area contributed by atoms with Crippen LogP contribution < -0.4 is 5.32 Å². The van der Waals surface area contributed by atoms with Gasteiger partial charge in [0.1, 0.15) is 0 Å². The minimum absolute atomic E-state index is 0.224. The molecule has 0 aromatic carbocycles. The topological polar surface area (TPSA) is 95.3 Å². The number of hydrogen-bond donors (Lipinski definition) is 3. The van der Waals surface area contributed by atoms with Crippen LogP contribution in [0.2, 0.25) is 0 Å². The minimum atomic E-state index is -1.01. The van der Waals surface area contributed by atoms with Crippen molar-refractivity contribution in [1.29, 1.82) is 0 Å². The zero-order valence-corrected chi connectivity index (χ0v) is 9.05. The molecular formula is C10H15N3O3. The van der Waals surface area contributed by atoms with Crippen LogP contribution in [-0.2, 0) is 11.3 Å². The van der Waals surface area contributed by atoms with Gasteiger partial charge >= 0.3 is 5.97 Å². The second-order valence-electron chi connectivity index (χ2n) is 3.53. The Bertz CT molecular complexity index is 340. The number of carboxylic acid groups (broad SMARTS) is 1. The summed E-state index contributed by atoms with van der Waals surface area (Å²) in [7, 11) is 0. The molecule has 0 saturated carbocycles. The molecule has 0 spiro atoms. The van der Waals surface area contributed by atoms with Gasteiger partial charge in [-0.25, -0.2) is 0 Å².